The van der Waals surface area contributed by atoms with Crippen LogP contribution >= 0.6 is 68.0 Å². The van der Waals surface area contributed by atoms with Crippen LogP contribution in [0.4, 0.5) is 0 Å². The molecule has 18 heteroatoms. The highest BCUT2D eigenvalue weighted by Gasteiger charge is 2.22. The lowest BCUT2D eigenvalue weighted by Gasteiger charge is -2.03. The SMILES string of the molecule is CCCCCCCCc1nn(-c2ccccc2)c2c(C)sc(C)c12.CCCCCCCCc1nn(C)c2c(C)sc(C)c12.CCCCCCCCn1ncc2c(C)sc(C)c21.CCCCCCc1nn(C)c2c(C)sc(C)c12.Cc1nn(C)c2c(C)sc(C)c12.Cc1sc(C)c2c1c(-c1ccccc1)nn2C. The van der Waals surface area contributed by atoms with E-state index >= 15 is 0 Å². The van der Waals surface area contributed by atoms with Crippen LogP contribution in [0.5, 0.6) is 0 Å². The van der Waals surface area contributed by atoms with Crippen molar-refractivity contribution in [2.75, 3.05) is 0 Å². The number of hydrogen-bond donors (Lipinski definition) is 0. The molecule has 0 N–H and O–H groups in total. The number of benzene rings is 2. The van der Waals surface area contributed by atoms with Gasteiger partial charge in [-0.05, 0) is 147 Å². The van der Waals surface area contributed by atoms with E-state index in [4.69, 9.17) is 15.3 Å². The minimum Gasteiger partial charge on any atom is -0.267 e. The Kier molecular flexibility index (Phi) is 32.3. The maximum Gasteiger partial charge on any atom is 0.101 e. The number of thiophene rings is 6. The monoisotopic (exact) mass is 1550 g/mol. The van der Waals surface area contributed by atoms with Gasteiger partial charge in [-0.1, -0.05) is 192 Å². The summed E-state index contributed by atoms with van der Waals surface area (Å²) in [6.07, 6.45) is 34.8. The normalized spacial score (nSPS) is 11.4. The van der Waals surface area contributed by atoms with E-state index in [1.807, 2.05) is 104 Å². The van der Waals surface area contributed by atoms with E-state index in [1.165, 1.54) is 288 Å². The first kappa shape index (κ1) is 84.5. The Morgan fingerprint density at radius 3 is 1.10 bits per heavy atom. The van der Waals surface area contributed by atoms with Crippen LogP contribution in [0.2, 0.25) is 0 Å². The van der Waals surface area contributed by atoms with Gasteiger partial charge in [0.15, 0.2) is 0 Å². The van der Waals surface area contributed by atoms with E-state index in [9.17, 15) is 0 Å². The molecule has 0 aliphatic rings. The molecule has 107 heavy (non-hydrogen) atoms. The molecular weight excluding hydrogens is 1430 g/mol. The molecule has 12 nitrogen and oxygen atoms in total. The summed E-state index contributed by atoms with van der Waals surface area (Å²) in [6.45, 7) is 38.6. The molecule has 0 atom stereocenters. The van der Waals surface area contributed by atoms with E-state index < -0.39 is 0 Å². The molecule has 0 amide bonds. The van der Waals surface area contributed by atoms with Gasteiger partial charge in [0.05, 0.1) is 67.8 Å². The molecule has 2 aromatic carbocycles. The number of fused-ring (bicyclic) bond motifs is 6. The number of aromatic nitrogens is 12. The summed E-state index contributed by atoms with van der Waals surface area (Å²) in [6, 6.07) is 20.9. The van der Waals surface area contributed by atoms with Gasteiger partial charge in [0.2, 0.25) is 0 Å². The summed E-state index contributed by atoms with van der Waals surface area (Å²) < 4.78 is 12.5. The van der Waals surface area contributed by atoms with Crippen LogP contribution in [0, 0.1) is 90.0 Å². The van der Waals surface area contributed by atoms with Gasteiger partial charge in [0, 0.05) is 131 Å². The number of nitrogens with zero attached hydrogens (tertiary/aromatic N) is 12. The lowest BCUT2D eigenvalue weighted by molar-refractivity contribution is 0.537. The predicted octanol–water partition coefficient (Wildman–Crippen LogP) is 27.7. The first-order valence-corrected chi connectivity index (χ1v) is 45.1. The number of unbranched alkanes of at least 4 members (excludes halogenated alkanes) is 18. The molecule has 0 bridgehead atoms. The van der Waals surface area contributed by atoms with Gasteiger partial charge >= 0.3 is 0 Å². The topological polar surface area (TPSA) is 107 Å². The molecule has 0 saturated carbocycles. The third-order valence-corrected chi connectivity index (χ3v) is 26.9. The second-order valence-electron chi connectivity index (χ2n) is 29.5. The highest BCUT2D eigenvalue weighted by atomic mass is 32.1. The van der Waals surface area contributed by atoms with E-state index in [-0.39, 0.29) is 0 Å². The molecule has 12 aromatic heterocycles. The first-order valence-electron chi connectivity index (χ1n) is 40.2. The van der Waals surface area contributed by atoms with Crippen molar-refractivity contribution in [3.05, 3.63) is 148 Å². The van der Waals surface area contributed by atoms with E-state index in [0.717, 1.165) is 42.9 Å². The van der Waals surface area contributed by atoms with Gasteiger partial charge in [-0.3, -0.25) is 23.4 Å². The molecule has 0 aliphatic heterocycles. The molecule has 0 unspecified atom stereocenters. The van der Waals surface area contributed by atoms with Crippen molar-refractivity contribution in [2.45, 2.75) is 285 Å². The molecule has 12 heterocycles. The third-order valence-electron chi connectivity index (χ3n) is 20.9. The molecule has 0 saturated heterocycles. The maximum absolute atomic E-state index is 5.00. The minimum absolute atomic E-state index is 1.08. The van der Waals surface area contributed by atoms with Crippen molar-refractivity contribution in [3.63, 3.8) is 0 Å². The molecule has 14 rings (SSSR count). The van der Waals surface area contributed by atoms with Crippen LogP contribution in [-0.2, 0) is 54.0 Å². The van der Waals surface area contributed by atoms with E-state index in [1.54, 1.807) is 0 Å². The van der Waals surface area contributed by atoms with Crippen LogP contribution in [0.15, 0.2) is 66.9 Å². The highest BCUT2D eigenvalue weighted by Crippen LogP contribution is 2.40. The number of hydrogen-bond acceptors (Lipinski definition) is 12. The van der Waals surface area contributed by atoms with E-state index in [2.05, 4.69) is 220 Å². The van der Waals surface area contributed by atoms with Crippen molar-refractivity contribution >= 4 is 133 Å². The summed E-state index contributed by atoms with van der Waals surface area (Å²) in [5.41, 5.74) is 16.5. The smallest absolute Gasteiger partial charge is 0.101 e. The van der Waals surface area contributed by atoms with Crippen molar-refractivity contribution in [3.8, 4) is 16.9 Å². The first-order chi connectivity index (χ1) is 51.5. The van der Waals surface area contributed by atoms with Gasteiger partial charge in [0.1, 0.15) is 5.69 Å². The standard InChI is InChI=1S/C21H28N2S.C16H26N2S.C15H24N2S.C14H14N2S.C14H22N2S.C9H12N2S/c1-4-5-6-7-8-12-15-19-20-16(2)24-17(3)21(20)23(22-19)18-13-10-9-11-14-18;1-5-6-7-8-9-10-11-14-15-12(2)19-13(3)16(15)18(4)17-14;1-4-5-6-7-8-9-10-17-15-13(3)18-12(2)14(15)11-16-17;1-9-12-13(11-7-5-4-6-8-11)15-16(3)14(12)10(2)17-9;1-5-6-7-8-9-12-13-10(2)17-11(3)14(13)16(4)15-12;1-5-8-6(2)12-7(3)9(8)11(4)10-5/h9-11,13-14H,4-8,12,15H2,1-3H3;5-11H2,1-4H3;11H,4-10H2,1-3H3;4-8H,1-3H3;5-9H2,1-4H3;1-4H3. The Balaban J connectivity index is 0.000000150. The minimum atomic E-state index is 1.08. The van der Waals surface area contributed by atoms with Crippen LogP contribution in [0.25, 0.3) is 82.4 Å². The molecule has 0 aliphatic carbocycles. The largest absolute Gasteiger partial charge is 0.267 e. The quantitative estimate of drug-likeness (QED) is 0.0452. The molecular formula is C89H126N12S6. The summed E-state index contributed by atoms with van der Waals surface area (Å²) in [7, 11) is 8.17. The Morgan fingerprint density at radius 1 is 0.299 bits per heavy atom. The number of aryl methyl sites for hydroxylation is 21. The van der Waals surface area contributed by atoms with Crippen LogP contribution < -0.4 is 0 Å². The summed E-state index contributed by atoms with van der Waals surface area (Å²) >= 11 is 11.3. The average molecular weight is 1560 g/mol. The van der Waals surface area contributed by atoms with Gasteiger partial charge in [0.25, 0.3) is 0 Å². The predicted molar refractivity (Wildman–Crippen MR) is 473 cm³/mol. The zero-order valence-electron chi connectivity index (χ0n) is 69.1. The van der Waals surface area contributed by atoms with Gasteiger partial charge in [-0.2, -0.15) is 30.6 Å². The second-order valence-corrected chi connectivity index (χ2v) is 38.1. The fourth-order valence-corrected chi connectivity index (χ4v) is 22.3. The number of para-hydroxylation sites is 1. The fourth-order valence-electron chi connectivity index (χ4n) is 15.8. The van der Waals surface area contributed by atoms with Crippen LogP contribution in [-0.4, -0.2) is 58.7 Å². The van der Waals surface area contributed by atoms with Crippen molar-refractivity contribution in [1.82, 2.24) is 58.7 Å². The second kappa shape index (κ2) is 40.9. The zero-order chi connectivity index (χ0) is 77.0. The lowest BCUT2D eigenvalue weighted by Crippen LogP contribution is -2.00. The maximum atomic E-state index is 5.00. The summed E-state index contributed by atoms with van der Waals surface area (Å²) in [4.78, 5) is 16.7. The Labute approximate surface area is 665 Å². The number of rotatable bonds is 28. The molecule has 0 spiro atoms. The van der Waals surface area contributed by atoms with Crippen LogP contribution in [0.3, 0.4) is 0 Å². The molecule has 0 fully saturated rings. The van der Waals surface area contributed by atoms with Gasteiger partial charge < -0.3 is 0 Å². The highest BCUT2D eigenvalue weighted by molar-refractivity contribution is 7.15. The summed E-state index contributed by atoms with van der Waals surface area (Å²) in [5, 5.41) is 36.3. The van der Waals surface area contributed by atoms with Crippen molar-refractivity contribution < 1.29 is 0 Å². The Hall–Kier alpha value is -6.54. The van der Waals surface area contributed by atoms with Crippen LogP contribution in [0.1, 0.15) is 250 Å². The Bertz CT molecular complexity index is 4980. The summed E-state index contributed by atoms with van der Waals surface area (Å²) in [5.74, 6) is 0. The molecule has 14 aromatic rings. The Morgan fingerprint density at radius 2 is 0.636 bits per heavy atom. The molecule has 0 radical (unpaired) electrons. The average Bonchev–Trinajstić information content (AvgIpc) is 1.62. The van der Waals surface area contributed by atoms with Gasteiger partial charge in [-0.15, -0.1) is 68.0 Å². The lowest BCUT2D eigenvalue weighted by atomic mass is 10.1. The van der Waals surface area contributed by atoms with Crippen molar-refractivity contribution in [1.29, 1.82) is 0 Å². The van der Waals surface area contributed by atoms with Gasteiger partial charge in [-0.25, -0.2) is 4.68 Å². The zero-order valence-corrected chi connectivity index (χ0v) is 74.0. The third kappa shape index (κ3) is 20.9. The fraction of sp³-hybridized carbons (Fsp3) is 0.528. The van der Waals surface area contributed by atoms with E-state index in [0.29, 0.717) is 0 Å². The molecule has 578 valence electrons. The van der Waals surface area contributed by atoms with Crippen molar-refractivity contribution in [2.24, 2.45) is 28.2 Å².